The summed E-state index contributed by atoms with van der Waals surface area (Å²) < 4.78 is 24.1. The van der Waals surface area contributed by atoms with Gasteiger partial charge >= 0.3 is 6.03 Å². The molecule has 0 spiro atoms. The van der Waals surface area contributed by atoms with Gasteiger partial charge in [0, 0.05) is 31.2 Å². The molecule has 0 radical (unpaired) electrons. The minimum Gasteiger partial charge on any atom is -0.338 e. The van der Waals surface area contributed by atoms with E-state index in [4.69, 9.17) is 5.14 Å². The maximum absolute atomic E-state index is 11.7. The molecule has 0 atom stereocenters. The molecule has 0 saturated carbocycles. The molecule has 4 N–H and O–H groups in total. The molecule has 118 valence electrons. The highest BCUT2D eigenvalue weighted by Crippen LogP contribution is 2.12. The fraction of sp³-hybridized carbons (Fsp3) is 0.231. The summed E-state index contributed by atoms with van der Waals surface area (Å²) in [5, 5.41) is 10.3. The molecule has 1 aromatic heterocycles. The highest BCUT2D eigenvalue weighted by molar-refractivity contribution is 7.89. The van der Waals surface area contributed by atoms with Crippen LogP contribution in [-0.4, -0.2) is 30.5 Å². The lowest BCUT2D eigenvalue weighted by Crippen LogP contribution is -2.30. The quantitative estimate of drug-likeness (QED) is 0.679. The number of nitrogens with two attached hydrogens (primary N) is 1. The predicted molar refractivity (Wildman–Crippen MR) is 81.7 cm³/mol. The molecule has 0 fully saturated rings. The Hall–Kier alpha value is -2.39. The number of rotatable bonds is 6. The lowest BCUT2D eigenvalue weighted by Gasteiger charge is -2.08. The molecule has 0 saturated heterocycles. The van der Waals surface area contributed by atoms with Crippen LogP contribution < -0.4 is 15.8 Å². The molecule has 0 aliphatic heterocycles. The summed E-state index contributed by atoms with van der Waals surface area (Å²) in [4.78, 5) is 15.6. The lowest BCUT2D eigenvalue weighted by molar-refractivity contribution is 0.252. The van der Waals surface area contributed by atoms with E-state index in [9.17, 15) is 13.2 Å². The van der Waals surface area contributed by atoms with Gasteiger partial charge in [-0.25, -0.2) is 23.3 Å². The van der Waals surface area contributed by atoms with Crippen molar-refractivity contribution in [2.45, 2.75) is 17.9 Å². The van der Waals surface area contributed by atoms with Crippen molar-refractivity contribution in [2.24, 2.45) is 5.14 Å². The van der Waals surface area contributed by atoms with E-state index < -0.39 is 10.0 Å². The first-order chi connectivity index (χ1) is 10.4. The number of primary sulfonamides is 1. The Kier molecular flexibility index (Phi) is 5.12. The second-order valence-corrected chi connectivity index (χ2v) is 6.17. The van der Waals surface area contributed by atoms with E-state index in [1.165, 1.54) is 24.3 Å². The first kappa shape index (κ1) is 16.0. The number of hydrogen-bond donors (Lipinski definition) is 3. The van der Waals surface area contributed by atoms with E-state index in [1.54, 1.807) is 12.5 Å². The number of urea groups is 1. The van der Waals surface area contributed by atoms with Crippen LogP contribution in [0.2, 0.25) is 0 Å². The molecular weight excluding hydrogens is 306 g/mol. The Morgan fingerprint density at radius 2 is 2.00 bits per heavy atom. The van der Waals surface area contributed by atoms with E-state index in [1.807, 2.05) is 10.8 Å². The molecule has 0 bridgehead atoms. The average molecular weight is 323 g/mol. The number of sulfonamides is 1. The van der Waals surface area contributed by atoms with E-state index >= 15 is 0 Å². The number of nitrogens with zero attached hydrogens (tertiary/aromatic N) is 2. The van der Waals surface area contributed by atoms with E-state index in [-0.39, 0.29) is 10.9 Å². The second kappa shape index (κ2) is 7.05. The van der Waals surface area contributed by atoms with Crippen molar-refractivity contribution < 1.29 is 13.2 Å². The monoisotopic (exact) mass is 323 g/mol. The van der Waals surface area contributed by atoms with Crippen LogP contribution in [-0.2, 0) is 16.6 Å². The normalized spacial score (nSPS) is 11.1. The van der Waals surface area contributed by atoms with Crippen molar-refractivity contribution >= 4 is 21.7 Å². The molecule has 2 rings (SSSR count). The molecule has 22 heavy (non-hydrogen) atoms. The number of nitrogens with one attached hydrogen (secondary N) is 2. The number of carbonyl (C=O) groups is 1. The van der Waals surface area contributed by atoms with Gasteiger partial charge in [0.1, 0.15) is 0 Å². The first-order valence-electron chi connectivity index (χ1n) is 6.58. The SMILES string of the molecule is NS(=O)(=O)c1ccc(NC(=O)NCCCn2ccnc2)cc1. The van der Waals surface area contributed by atoms with Crippen LogP contribution in [0.25, 0.3) is 0 Å². The number of anilines is 1. The molecular formula is C13H17N5O3S. The third kappa shape index (κ3) is 4.86. The number of hydrogen-bond acceptors (Lipinski definition) is 4. The second-order valence-electron chi connectivity index (χ2n) is 4.60. The zero-order valence-corrected chi connectivity index (χ0v) is 12.6. The topological polar surface area (TPSA) is 119 Å². The fourth-order valence-corrected chi connectivity index (χ4v) is 2.30. The average Bonchev–Trinajstić information content (AvgIpc) is 2.96. The van der Waals surface area contributed by atoms with Gasteiger partial charge in [0.05, 0.1) is 11.2 Å². The van der Waals surface area contributed by atoms with Gasteiger partial charge in [-0.2, -0.15) is 0 Å². The molecule has 0 aliphatic rings. The van der Waals surface area contributed by atoms with E-state index in [0.29, 0.717) is 12.2 Å². The summed E-state index contributed by atoms with van der Waals surface area (Å²) >= 11 is 0. The standard InChI is InChI=1S/C13H17N5O3S/c14-22(20,21)12-4-2-11(3-5-12)17-13(19)16-6-1-8-18-9-7-15-10-18/h2-5,7,9-10H,1,6,8H2,(H2,14,20,21)(H2,16,17,19). The number of aromatic nitrogens is 2. The number of benzene rings is 1. The fourth-order valence-electron chi connectivity index (χ4n) is 1.79. The molecule has 1 aromatic carbocycles. The predicted octanol–water partition coefficient (Wildman–Crippen LogP) is 0.742. The van der Waals surface area contributed by atoms with Crippen LogP contribution in [0.5, 0.6) is 0 Å². The Morgan fingerprint density at radius 1 is 1.27 bits per heavy atom. The minimum atomic E-state index is -3.72. The summed E-state index contributed by atoms with van der Waals surface area (Å²) in [6, 6.07) is 5.28. The largest absolute Gasteiger partial charge is 0.338 e. The highest BCUT2D eigenvalue weighted by atomic mass is 32.2. The lowest BCUT2D eigenvalue weighted by atomic mass is 10.3. The Morgan fingerprint density at radius 3 is 2.59 bits per heavy atom. The van der Waals surface area contributed by atoms with Crippen LogP contribution in [0.4, 0.5) is 10.5 Å². The molecule has 8 nitrogen and oxygen atoms in total. The van der Waals surface area contributed by atoms with Crippen LogP contribution in [0.15, 0.2) is 47.9 Å². The molecule has 0 aliphatic carbocycles. The van der Waals surface area contributed by atoms with Crippen molar-refractivity contribution in [3.8, 4) is 0 Å². The van der Waals surface area contributed by atoms with Crippen molar-refractivity contribution in [3.05, 3.63) is 43.0 Å². The van der Waals surface area contributed by atoms with Crippen LogP contribution in [0.1, 0.15) is 6.42 Å². The zero-order chi connectivity index (χ0) is 16.0. The van der Waals surface area contributed by atoms with Gasteiger partial charge in [0.15, 0.2) is 0 Å². The summed E-state index contributed by atoms with van der Waals surface area (Å²) in [6.45, 7) is 1.28. The maximum atomic E-state index is 11.7. The molecule has 1 heterocycles. The van der Waals surface area contributed by atoms with Gasteiger partial charge in [-0.1, -0.05) is 0 Å². The summed E-state index contributed by atoms with van der Waals surface area (Å²) in [7, 11) is -3.72. The van der Waals surface area contributed by atoms with Gasteiger partial charge in [0.2, 0.25) is 10.0 Å². The zero-order valence-electron chi connectivity index (χ0n) is 11.8. The molecule has 9 heteroatoms. The van der Waals surface area contributed by atoms with E-state index in [0.717, 1.165) is 13.0 Å². The molecule has 2 amide bonds. The van der Waals surface area contributed by atoms with Crippen molar-refractivity contribution in [1.82, 2.24) is 14.9 Å². The highest BCUT2D eigenvalue weighted by Gasteiger charge is 2.07. The van der Waals surface area contributed by atoms with Crippen molar-refractivity contribution in [3.63, 3.8) is 0 Å². The first-order valence-corrected chi connectivity index (χ1v) is 8.13. The molecule has 0 unspecified atom stereocenters. The number of amides is 2. The molecule has 2 aromatic rings. The van der Waals surface area contributed by atoms with Gasteiger partial charge < -0.3 is 15.2 Å². The van der Waals surface area contributed by atoms with E-state index in [2.05, 4.69) is 15.6 Å². The number of carbonyl (C=O) groups excluding carboxylic acids is 1. The minimum absolute atomic E-state index is 0.00112. The van der Waals surface area contributed by atoms with Gasteiger partial charge in [-0.15, -0.1) is 0 Å². The van der Waals surface area contributed by atoms with Crippen LogP contribution in [0, 0.1) is 0 Å². The number of imidazole rings is 1. The summed E-state index contributed by atoms with van der Waals surface area (Å²) in [6.07, 6.45) is 6.04. The van der Waals surface area contributed by atoms with Gasteiger partial charge in [0.25, 0.3) is 0 Å². The number of aryl methyl sites for hydroxylation is 1. The third-order valence-corrected chi connectivity index (χ3v) is 3.81. The summed E-state index contributed by atoms with van der Waals surface area (Å²) in [5.74, 6) is 0. The summed E-state index contributed by atoms with van der Waals surface area (Å²) in [5.41, 5.74) is 0.486. The van der Waals surface area contributed by atoms with Crippen LogP contribution in [0.3, 0.4) is 0 Å². The Balaban J connectivity index is 1.74. The Bertz CT molecular complexity index is 711. The van der Waals surface area contributed by atoms with Crippen molar-refractivity contribution in [1.29, 1.82) is 0 Å². The van der Waals surface area contributed by atoms with Gasteiger partial charge in [-0.3, -0.25) is 0 Å². The Labute approximate surface area is 128 Å². The maximum Gasteiger partial charge on any atom is 0.319 e. The van der Waals surface area contributed by atoms with Crippen LogP contribution >= 0.6 is 0 Å². The third-order valence-electron chi connectivity index (χ3n) is 2.88. The van der Waals surface area contributed by atoms with Gasteiger partial charge in [-0.05, 0) is 30.7 Å². The van der Waals surface area contributed by atoms with Crippen molar-refractivity contribution in [2.75, 3.05) is 11.9 Å². The smallest absolute Gasteiger partial charge is 0.319 e.